The smallest absolute Gasteiger partial charge is 0.251 e. The fourth-order valence-electron chi connectivity index (χ4n) is 1.74. The van der Waals surface area contributed by atoms with Gasteiger partial charge in [0, 0.05) is 32.4 Å². The molecule has 0 bridgehead atoms. The average molecular weight is 265 g/mol. The number of carbonyl (C=O) groups is 1. The minimum absolute atomic E-state index is 0.187. The normalized spacial score (nSPS) is 12.3. The standard InChI is InChI=1S/C14H23N3O2/c1-10(2)7-12(18)9-16-14(19)11-5-6-15-13(8-11)17(3)4/h5-6,8,10,12,18H,7,9H2,1-4H3,(H,16,19). The number of nitrogens with one attached hydrogen (secondary N) is 1. The molecule has 19 heavy (non-hydrogen) atoms. The van der Waals surface area contributed by atoms with E-state index in [1.807, 2.05) is 32.8 Å². The second kappa shape index (κ2) is 7.09. The van der Waals surface area contributed by atoms with Crippen LogP contribution >= 0.6 is 0 Å². The molecule has 1 aromatic rings. The van der Waals surface area contributed by atoms with E-state index in [9.17, 15) is 9.90 Å². The Morgan fingerprint density at radius 1 is 1.47 bits per heavy atom. The first-order valence-corrected chi connectivity index (χ1v) is 6.49. The van der Waals surface area contributed by atoms with E-state index in [2.05, 4.69) is 10.3 Å². The van der Waals surface area contributed by atoms with Crippen molar-refractivity contribution in [1.29, 1.82) is 0 Å². The van der Waals surface area contributed by atoms with Crippen molar-refractivity contribution in [3.05, 3.63) is 23.9 Å². The summed E-state index contributed by atoms with van der Waals surface area (Å²) in [5.41, 5.74) is 0.551. The van der Waals surface area contributed by atoms with Gasteiger partial charge in [0.2, 0.25) is 0 Å². The minimum atomic E-state index is -0.501. The van der Waals surface area contributed by atoms with Crippen LogP contribution in [0.5, 0.6) is 0 Å². The van der Waals surface area contributed by atoms with Crippen LogP contribution in [0.4, 0.5) is 5.82 Å². The van der Waals surface area contributed by atoms with Crippen molar-refractivity contribution < 1.29 is 9.90 Å². The SMILES string of the molecule is CC(C)CC(O)CNC(=O)c1ccnc(N(C)C)c1. The second-order valence-electron chi connectivity index (χ2n) is 5.29. The average Bonchev–Trinajstić information content (AvgIpc) is 2.35. The second-order valence-corrected chi connectivity index (χ2v) is 5.29. The lowest BCUT2D eigenvalue weighted by Crippen LogP contribution is -2.32. The molecule has 0 fully saturated rings. The molecule has 1 unspecified atom stereocenters. The molecule has 0 aliphatic carbocycles. The maximum Gasteiger partial charge on any atom is 0.251 e. The van der Waals surface area contributed by atoms with Crippen LogP contribution < -0.4 is 10.2 Å². The van der Waals surface area contributed by atoms with Crippen LogP contribution in [0.3, 0.4) is 0 Å². The lowest BCUT2D eigenvalue weighted by atomic mass is 10.1. The number of amides is 1. The van der Waals surface area contributed by atoms with E-state index >= 15 is 0 Å². The number of aliphatic hydroxyl groups is 1. The maximum atomic E-state index is 11.9. The zero-order valence-electron chi connectivity index (χ0n) is 12.1. The van der Waals surface area contributed by atoms with Gasteiger partial charge < -0.3 is 15.3 Å². The van der Waals surface area contributed by atoms with Crippen LogP contribution in [-0.4, -0.2) is 42.7 Å². The van der Waals surface area contributed by atoms with Gasteiger partial charge in [-0.3, -0.25) is 4.79 Å². The van der Waals surface area contributed by atoms with Crippen LogP contribution in [0.2, 0.25) is 0 Å². The van der Waals surface area contributed by atoms with Gasteiger partial charge in [-0.05, 0) is 24.5 Å². The summed E-state index contributed by atoms with van der Waals surface area (Å²) in [6.07, 6.45) is 1.79. The van der Waals surface area contributed by atoms with E-state index in [1.165, 1.54) is 0 Å². The number of anilines is 1. The fraction of sp³-hybridized carbons (Fsp3) is 0.571. The molecule has 1 rings (SSSR count). The lowest BCUT2D eigenvalue weighted by molar-refractivity contribution is 0.0900. The number of hydrogen-bond acceptors (Lipinski definition) is 4. The molecule has 1 amide bonds. The Bertz CT molecular complexity index is 419. The van der Waals surface area contributed by atoms with E-state index in [1.54, 1.807) is 18.3 Å². The largest absolute Gasteiger partial charge is 0.391 e. The van der Waals surface area contributed by atoms with Gasteiger partial charge in [0.25, 0.3) is 5.91 Å². The molecule has 0 aromatic carbocycles. The van der Waals surface area contributed by atoms with Crippen LogP contribution in [0, 0.1) is 5.92 Å². The van der Waals surface area contributed by atoms with Crippen LogP contribution in [0.15, 0.2) is 18.3 Å². The Hall–Kier alpha value is -1.62. The van der Waals surface area contributed by atoms with E-state index in [0.717, 1.165) is 5.82 Å². The molecular formula is C14H23N3O2. The highest BCUT2D eigenvalue weighted by Crippen LogP contribution is 2.09. The minimum Gasteiger partial charge on any atom is -0.391 e. The number of nitrogens with zero attached hydrogens (tertiary/aromatic N) is 2. The third kappa shape index (κ3) is 5.26. The molecular weight excluding hydrogens is 242 g/mol. The molecule has 5 heteroatoms. The first-order chi connectivity index (χ1) is 8.90. The van der Waals surface area contributed by atoms with Gasteiger partial charge in [-0.15, -0.1) is 0 Å². The van der Waals surface area contributed by atoms with Gasteiger partial charge in [0.15, 0.2) is 0 Å². The summed E-state index contributed by atoms with van der Waals surface area (Å²) in [5, 5.41) is 12.5. The molecule has 0 saturated carbocycles. The fourth-order valence-corrected chi connectivity index (χ4v) is 1.74. The summed E-state index contributed by atoms with van der Waals surface area (Å²) in [7, 11) is 3.74. The predicted molar refractivity (Wildman–Crippen MR) is 76.4 cm³/mol. The zero-order valence-corrected chi connectivity index (χ0v) is 12.1. The van der Waals surface area contributed by atoms with E-state index < -0.39 is 6.10 Å². The van der Waals surface area contributed by atoms with Gasteiger partial charge in [-0.2, -0.15) is 0 Å². The number of aliphatic hydroxyl groups excluding tert-OH is 1. The summed E-state index contributed by atoms with van der Waals surface area (Å²) >= 11 is 0. The summed E-state index contributed by atoms with van der Waals surface area (Å²) in [6.45, 7) is 4.35. The highest BCUT2D eigenvalue weighted by Gasteiger charge is 2.11. The molecule has 0 aliphatic rings. The van der Waals surface area contributed by atoms with Crippen molar-refractivity contribution in [2.75, 3.05) is 25.5 Å². The predicted octanol–water partition coefficient (Wildman–Crippen LogP) is 1.28. The van der Waals surface area contributed by atoms with Gasteiger partial charge in [0.05, 0.1) is 6.10 Å². The molecule has 106 valence electrons. The summed E-state index contributed by atoms with van der Waals surface area (Å²) in [6, 6.07) is 3.39. The number of carbonyl (C=O) groups excluding carboxylic acids is 1. The highest BCUT2D eigenvalue weighted by atomic mass is 16.3. The summed E-state index contributed by atoms with van der Waals surface area (Å²) in [5.74, 6) is 0.955. The number of pyridine rings is 1. The molecule has 1 aromatic heterocycles. The van der Waals surface area contributed by atoms with E-state index in [-0.39, 0.29) is 12.5 Å². The van der Waals surface area contributed by atoms with E-state index in [4.69, 9.17) is 0 Å². The van der Waals surface area contributed by atoms with Gasteiger partial charge in [-0.1, -0.05) is 13.8 Å². The Kier molecular flexibility index (Phi) is 5.76. The molecule has 1 heterocycles. The molecule has 5 nitrogen and oxygen atoms in total. The van der Waals surface area contributed by atoms with Gasteiger partial charge >= 0.3 is 0 Å². The topological polar surface area (TPSA) is 65.5 Å². The molecule has 1 atom stereocenters. The van der Waals surface area contributed by atoms with Crippen molar-refractivity contribution >= 4 is 11.7 Å². The first-order valence-electron chi connectivity index (χ1n) is 6.49. The van der Waals surface area contributed by atoms with Gasteiger partial charge in [0.1, 0.15) is 5.82 Å². The van der Waals surface area contributed by atoms with E-state index in [0.29, 0.717) is 17.9 Å². The molecule has 0 spiro atoms. The van der Waals surface area contributed by atoms with Crippen LogP contribution in [0.25, 0.3) is 0 Å². The Balaban J connectivity index is 2.56. The van der Waals surface area contributed by atoms with Crippen molar-refractivity contribution in [2.24, 2.45) is 5.92 Å². The number of aromatic nitrogens is 1. The third-order valence-corrected chi connectivity index (χ3v) is 2.71. The number of hydrogen-bond donors (Lipinski definition) is 2. The first kappa shape index (κ1) is 15.4. The lowest BCUT2D eigenvalue weighted by Gasteiger charge is -2.15. The van der Waals surface area contributed by atoms with Crippen LogP contribution in [0.1, 0.15) is 30.6 Å². The monoisotopic (exact) mass is 265 g/mol. The highest BCUT2D eigenvalue weighted by molar-refractivity contribution is 5.94. The zero-order chi connectivity index (χ0) is 14.4. The summed E-state index contributed by atoms with van der Waals surface area (Å²) < 4.78 is 0. The molecule has 0 radical (unpaired) electrons. The van der Waals surface area contributed by atoms with Crippen molar-refractivity contribution in [2.45, 2.75) is 26.4 Å². The Morgan fingerprint density at radius 3 is 2.74 bits per heavy atom. The van der Waals surface area contributed by atoms with Crippen molar-refractivity contribution in [3.8, 4) is 0 Å². The summed E-state index contributed by atoms with van der Waals surface area (Å²) in [4.78, 5) is 17.9. The van der Waals surface area contributed by atoms with Crippen molar-refractivity contribution in [1.82, 2.24) is 10.3 Å². The van der Waals surface area contributed by atoms with Gasteiger partial charge in [-0.25, -0.2) is 4.98 Å². The van der Waals surface area contributed by atoms with Crippen LogP contribution in [-0.2, 0) is 0 Å². The Morgan fingerprint density at radius 2 is 2.16 bits per heavy atom. The molecule has 0 aliphatic heterocycles. The number of rotatable bonds is 6. The third-order valence-electron chi connectivity index (χ3n) is 2.71. The maximum absolute atomic E-state index is 11.9. The Labute approximate surface area is 114 Å². The molecule has 0 saturated heterocycles. The quantitative estimate of drug-likeness (QED) is 0.813. The van der Waals surface area contributed by atoms with Crippen molar-refractivity contribution in [3.63, 3.8) is 0 Å². The molecule has 2 N–H and O–H groups in total.